The number of nitrogens with one attached hydrogen (secondary N) is 1. The maximum absolute atomic E-state index is 13.6. The van der Waals surface area contributed by atoms with Crippen molar-refractivity contribution in [3.8, 4) is 22.9 Å². The number of hydrogen-bond donors (Lipinski definition) is 3. The summed E-state index contributed by atoms with van der Waals surface area (Å²) in [5.74, 6) is -0.548. The van der Waals surface area contributed by atoms with Crippen LogP contribution in [0.2, 0.25) is 5.02 Å². The minimum atomic E-state index is -1.95. The second-order valence-corrected chi connectivity index (χ2v) is 10.7. The molecule has 0 bridgehead atoms. The second-order valence-electron chi connectivity index (χ2n) is 10.3. The first-order valence-electron chi connectivity index (χ1n) is 12.8. The van der Waals surface area contributed by atoms with Gasteiger partial charge in [0, 0.05) is 29.1 Å². The summed E-state index contributed by atoms with van der Waals surface area (Å²) in [7, 11) is 0. The number of hydrogen-bond acceptors (Lipinski definition) is 9. The molecule has 3 aliphatic heterocycles. The van der Waals surface area contributed by atoms with Gasteiger partial charge in [0.1, 0.15) is 12.7 Å². The third-order valence-corrected chi connectivity index (χ3v) is 8.51. The highest BCUT2D eigenvalue weighted by atomic mass is 35.5. The lowest BCUT2D eigenvalue weighted by Gasteiger charge is -2.31. The number of pyridine rings is 2. The molecular weight excluding hydrogens is 530 g/mol. The van der Waals surface area contributed by atoms with Crippen molar-refractivity contribution in [3.63, 3.8) is 0 Å². The summed E-state index contributed by atoms with van der Waals surface area (Å²) in [6.45, 7) is 1.55. The number of nitrogens with zero attached hydrogens (tertiary/aromatic N) is 2. The van der Waals surface area contributed by atoms with Crippen molar-refractivity contribution in [2.24, 2.45) is 5.92 Å². The van der Waals surface area contributed by atoms with Gasteiger partial charge in [0.15, 0.2) is 17.1 Å². The van der Waals surface area contributed by atoms with Gasteiger partial charge >= 0.3 is 5.97 Å². The summed E-state index contributed by atoms with van der Waals surface area (Å²) in [6.07, 6.45) is 0.533. The van der Waals surface area contributed by atoms with Crippen LogP contribution >= 0.6 is 11.6 Å². The molecule has 1 unspecified atom stereocenters. The standard InChI is InChI=1S/C27H24ClN3O8/c1-2-27(36)15-5-17-21-13(8-31(17)25(34)14(15)9-37-26(27)35)12(7-29-24(33)22(32)11-3-4-11)19-16(30-21)6-18-23(20(19)28)39-10-38-18/h5-6,11,22,32,36H,2-4,7-10H2,1H3,(H,29,33)/t22?,27-/m0/s1. The van der Waals surface area contributed by atoms with Crippen LogP contribution in [0.3, 0.4) is 0 Å². The Hall–Kier alpha value is -3.67. The van der Waals surface area contributed by atoms with Crippen molar-refractivity contribution in [2.45, 2.75) is 57.6 Å². The first-order valence-corrected chi connectivity index (χ1v) is 13.2. The van der Waals surface area contributed by atoms with Gasteiger partial charge < -0.3 is 34.3 Å². The Morgan fingerprint density at radius 3 is 2.79 bits per heavy atom. The maximum atomic E-state index is 13.6. The topological polar surface area (TPSA) is 149 Å². The average Bonchev–Trinajstić information content (AvgIpc) is 3.56. The lowest BCUT2D eigenvalue weighted by atomic mass is 9.86. The number of benzene rings is 1. The number of cyclic esters (lactones) is 1. The number of carbonyl (C=O) groups is 2. The molecule has 1 fully saturated rings. The Bertz CT molecular complexity index is 1680. The molecule has 1 aliphatic carbocycles. The van der Waals surface area contributed by atoms with Gasteiger partial charge in [-0.1, -0.05) is 18.5 Å². The molecule has 3 aromatic rings. The molecule has 11 nitrogen and oxygen atoms in total. The summed E-state index contributed by atoms with van der Waals surface area (Å²) < 4.78 is 17.8. The number of aromatic nitrogens is 2. The van der Waals surface area contributed by atoms with Crippen LogP contribution in [0, 0.1) is 5.92 Å². The molecule has 7 rings (SSSR count). The second kappa shape index (κ2) is 8.41. The van der Waals surface area contributed by atoms with Gasteiger partial charge in [-0.2, -0.15) is 0 Å². The number of fused-ring (bicyclic) bond motifs is 6. The zero-order chi connectivity index (χ0) is 27.2. The van der Waals surface area contributed by atoms with Crippen LogP contribution in [0.15, 0.2) is 16.9 Å². The van der Waals surface area contributed by atoms with E-state index in [9.17, 15) is 24.6 Å². The van der Waals surface area contributed by atoms with Crippen LogP contribution in [0.1, 0.15) is 48.4 Å². The number of aliphatic hydroxyl groups is 2. The predicted octanol–water partition coefficient (Wildman–Crippen LogP) is 1.85. The Labute approximate surface area is 226 Å². The third-order valence-electron chi connectivity index (χ3n) is 8.15. The van der Waals surface area contributed by atoms with Crippen molar-refractivity contribution in [3.05, 3.63) is 49.8 Å². The Morgan fingerprint density at radius 1 is 1.26 bits per heavy atom. The minimum Gasteiger partial charge on any atom is -0.458 e. The van der Waals surface area contributed by atoms with Gasteiger partial charge in [-0.15, -0.1) is 0 Å². The minimum absolute atomic E-state index is 0.000797. The Kier molecular flexibility index (Phi) is 5.26. The fourth-order valence-corrected chi connectivity index (χ4v) is 6.10. The van der Waals surface area contributed by atoms with E-state index in [0.717, 1.165) is 12.8 Å². The van der Waals surface area contributed by atoms with Crippen LogP contribution in [0.5, 0.6) is 11.5 Å². The van der Waals surface area contributed by atoms with Gasteiger partial charge in [0.05, 0.1) is 34.0 Å². The number of esters is 1. The number of aliphatic hydroxyl groups excluding tert-OH is 1. The number of rotatable bonds is 5. The predicted molar refractivity (Wildman–Crippen MR) is 136 cm³/mol. The normalized spacial score (nSPS) is 21.3. The van der Waals surface area contributed by atoms with Gasteiger partial charge in [0.25, 0.3) is 5.56 Å². The van der Waals surface area contributed by atoms with Crippen molar-refractivity contribution in [1.29, 1.82) is 0 Å². The van der Waals surface area contributed by atoms with Gasteiger partial charge in [0.2, 0.25) is 12.7 Å². The van der Waals surface area contributed by atoms with E-state index < -0.39 is 29.1 Å². The summed E-state index contributed by atoms with van der Waals surface area (Å²) >= 11 is 6.79. The smallest absolute Gasteiger partial charge is 0.343 e. The first-order chi connectivity index (χ1) is 18.7. The van der Waals surface area contributed by atoms with Crippen molar-refractivity contribution in [1.82, 2.24) is 14.9 Å². The first kappa shape index (κ1) is 24.4. The van der Waals surface area contributed by atoms with Crippen molar-refractivity contribution >= 4 is 34.4 Å². The summed E-state index contributed by atoms with van der Waals surface area (Å²) in [6, 6.07) is 3.31. The van der Waals surface area contributed by atoms with Crippen LogP contribution < -0.4 is 20.3 Å². The molecule has 3 N–H and O–H groups in total. The van der Waals surface area contributed by atoms with E-state index in [-0.39, 0.29) is 55.0 Å². The lowest BCUT2D eigenvalue weighted by Crippen LogP contribution is -2.44. The zero-order valence-electron chi connectivity index (χ0n) is 20.9. The molecule has 4 aliphatic rings. The van der Waals surface area contributed by atoms with Crippen LogP contribution in [0.25, 0.3) is 22.3 Å². The molecule has 0 spiro atoms. The zero-order valence-corrected chi connectivity index (χ0v) is 21.6. The van der Waals surface area contributed by atoms with E-state index in [0.29, 0.717) is 44.9 Å². The van der Waals surface area contributed by atoms with E-state index >= 15 is 0 Å². The summed E-state index contributed by atoms with van der Waals surface area (Å²) in [5, 5.41) is 25.1. The molecular formula is C27H24ClN3O8. The monoisotopic (exact) mass is 553 g/mol. The van der Waals surface area contributed by atoms with E-state index in [1.165, 1.54) is 4.57 Å². The van der Waals surface area contributed by atoms with E-state index in [1.54, 1.807) is 19.1 Å². The lowest BCUT2D eigenvalue weighted by molar-refractivity contribution is -0.172. The van der Waals surface area contributed by atoms with Gasteiger partial charge in [-0.05, 0) is 36.8 Å². The molecule has 12 heteroatoms. The summed E-state index contributed by atoms with van der Waals surface area (Å²) in [5.41, 5.74) is 0.678. The number of carbonyl (C=O) groups excluding carboxylic acids is 2. The molecule has 2 atom stereocenters. The fraction of sp³-hybridized carbons (Fsp3) is 0.407. The third kappa shape index (κ3) is 3.43. The number of ether oxygens (including phenoxy) is 3. The van der Waals surface area contributed by atoms with Crippen molar-refractivity contribution in [2.75, 3.05) is 6.79 Å². The fourth-order valence-electron chi connectivity index (χ4n) is 5.74. The highest BCUT2D eigenvalue weighted by molar-refractivity contribution is 6.37. The van der Waals surface area contributed by atoms with E-state index in [2.05, 4.69) is 5.32 Å². The van der Waals surface area contributed by atoms with Crippen LogP contribution in [-0.4, -0.2) is 44.5 Å². The maximum Gasteiger partial charge on any atom is 0.343 e. The molecule has 2 aromatic heterocycles. The highest BCUT2D eigenvalue weighted by Gasteiger charge is 2.45. The van der Waals surface area contributed by atoms with E-state index in [1.807, 2.05) is 0 Å². The average molecular weight is 554 g/mol. The van der Waals surface area contributed by atoms with Gasteiger partial charge in [-0.25, -0.2) is 9.78 Å². The molecule has 39 heavy (non-hydrogen) atoms. The van der Waals surface area contributed by atoms with Gasteiger partial charge in [-0.3, -0.25) is 9.59 Å². The SMILES string of the molecule is CC[C@@]1(O)C(=O)OCc2c1cc1n(c2=O)Cc2c-1nc1cc3c(c(Cl)c1c2CNC(=O)C(O)C1CC1)OCO3. The Morgan fingerprint density at radius 2 is 2.05 bits per heavy atom. The Balaban J connectivity index is 1.43. The molecule has 5 heterocycles. The molecule has 0 radical (unpaired) electrons. The summed E-state index contributed by atoms with van der Waals surface area (Å²) in [4.78, 5) is 43.7. The van der Waals surface area contributed by atoms with Crippen LogP contribution in [0.4, 0.5) is 0 Å². The molecule has 0 saturated heterocycles. The molecule has 1 amide bonds. The molecule has 202 valence electrons. The van der Waals surface area contributed by atoms with Crippen molar-refractivity contribution < 1.29 is 34.0 Å². The van der Waals surface area contributed by atoms with E-state index in [4.69, 9.17) is 30.8 Å². The number of amides is 1. The largest absolute Gasteiger partial charge is 0.458 e. The molecule has 1 saturated carbocycles. The highest BCUT2D eigenvalue weighted by Crippen LogP contribution is 2.47. The number of halogens is 1. The molecule has 1 aromatic carbocycles. The quantitative estimate of drug-likeness (QED) is 0.315. The van der Waals surface area contributed by atoms with Crippen LogP contribution in [-0.2, 0) is 39.6 Å².